The third-order valence-corrected chi connectivity index (χ3v) is 18.7. The van der Waals surface area contributed by atoms with Crippen molar-refractivity contribution >= 4 is 26.0 Å². The van der Waals surface area contributed by atoms with Crippen LogP contribution in [-0.4, -0.2) is 56.6 Å². The zero-order valence-corrected chi connectivity index (χ0v) is 39.8. The van der Waals surface area contributed by atoms with Crippen molar-refractivity contribution < 1.29 is 33.3 Å². The van der Waals surface area contributed by atoms with Gasteiger partial charge in [-0.05, 0) is 0 Å². The Kier molecular flexibility index (Phi) is 33.2. The molecule has 8 heteroatoms. The SMILES string of the molecule is CCCCCCCCCCCC[Si](CCCCCCCCCCCC)(CCCCCCCCCCCC)C1OC(COC(C)=O)C(OC(C)=O)C(OC(C)=O)C1C. The predicted octanol–water partition coefficient (Wildman–Crippen LogP) is 14.6. The van der Waals surface area contributed by atoms with Gasteiger partial charge >= 0.3 is 17.9 Å². The van der Waals surface area contributed by atoms with Crippen molar-refractivity contribution in [3.63, 3.8) is 0 Å². The van der Waals surface area contributed by atoms with Crippen LogP contribution in [0.25, 0.3) is 0 Å². The maximum absolute atomic E-state index is 12.7. The first-order chi connectivity index (χ1) is 27.6. The second-order valence-electron chi connectivity index (χ2n) is 18.1. The number of carbonyl (C=O) groups is 3. The molecule has 0 spiro atoms. The number of unbranched alkanes of at least 4 members (excludes halogenated alkanes) is 27. The topological polar surface area (TPSA) is 88.1 Å². The fraction of sp³-hybridized carbons (Fsp3) is 0.939. The van der Waals surface area contributed by atoms with E-state index in [4.69, 9.17) is 18.9 Å². The third-order valence-electron chi connectivity index (χ3n) is 12.8. The van der Waals surface area contributed by atoms with Gasteiger partial charge in [-0.2, -0.15) is 0 Å². The lowest BCUT2D eigenvalue weighted by Crippen LogP contribution is -2.65. The minimum Gasteiger partial charge on any atom is -0.463 e. The quantitative estimate of drug-likeness (QED) is 0.0265. The van der Waals surface area contributed by atoms with Gasteiger partial charge in [0, 0.05) is 26.7 Å². The summed E-state index contributed by atoms with van der Waals surface area (Å²) in [7, 11) is -2.18. The van der Waals surface area contributed by atoms with Gasteiger partial charge in [0.05, 0.1) is 13.8 Å². The molecule has 57 heavy (non-hydrogen) atoms. The molecule has 0 aromatic rings. The first-order valence-corrected chi connectivity index (χ1v) is 27.4. The van der Waals surface area contributed by atoms with E-state index in [0.29, 0.717) is 0 Å². The van der Waals surface area contributed by atoms with E-state index in [-0.39, 0.29) is 24.2 Å². The Morgan fingerprint density at radius 2 is 0.737 bits per heavy atom. The fourth-order valence-corrected chi connectivity index (χ4v) is 15.7. The lowest BCUT2D eigenvalue weighted by molar-refractivity contribution is -0.220. The highest BCUT2D eigenvalue weighted by atomic mass is 28.3. The summed E-state index contributed by atoms with van der Waals surface area (Å²) in [4.78, 5) is 37.2. The minimum absolute atomic E-state index is 0.0203. The Labute approximate surface area is 354 Å². The van der Waals surface area contributed by atoms with Crippen LogP contribution in [0, 0.1) is 5.92 Å². The molecule has 1 aliphatic rings. The van der Waals surface area contributed by atoms with Crippen molar-refractivity contribution in [1.29, 1.82) is 0 Å². The normalized spacial score (nSPS) is 19.7. The molecule has 1 fully saturated rings. The molecule has 1 aliphatic heterocycles. The van der Waals surface area contributed by atoms with Gasteiger partial charge in [0.2, 0.25) is 0 Å². The van der Waals surface area contributed by atoms with Gasteiger partial charge in [-0.25, -0.2) is 0 Å². The van der Waals surface area contributed by atoms with Crippen LogP contribution in [0.15, 0.2) is 0 Å². The van der Waals surface area contributed by atoms with Crippen molar-refractivity contribution in [2.75, 3.05) is 6.61 Å². The highest BCUT2D eigenvalue weighted by Gasteiger charge is 2.55. The van der Waals surface area contributed by atoms with E-state index in [1.165, 1.54) is 232 Å². The van der Waals surface area contributed by atoms with Crippen LogP contribution >= 0.6 is 0 Å². The molecule has 7 nitrogen and oxygen atoms in total. The molecular weight excluding hydrogens is 729 g/mol. The van der Waals surface area contributed by atoms with E-state index < -0.39 is 38.3 Å². The summed E-state index contributed by atoms with van der Waals surface area (Å²) >= 11 is 0. The lowest BCUT2D eigenvalue weighted by atomic mass is 9.93. The van der Waals surface area contributed by atoms with Crippen LogP contribution in [-0.2, 0) is 33.3 Å². The van der Waals surface area contributed by atoms with Crippen LogP contribution in [0.5, 0.6) is 0 Å². The number of hydrogen-bond acceptors (Lipinski definition) is 7. The molecular formula is C49H94O7Si. The van der Waals surface area contributed by atoms with Crippen molar-refractivity contribution in [3.05, 3.63) is 0 Å². The molecule has 0 amide bonds. The maximum Gasteiger partial charge on any atom is 0.303 e. The average molecular weight is 823 g/mol. The number of ether oxygens (including phenoxy) is 4. The van der Waals surface area contributed by atoms with Gasteiger partial charge in [0.25, 0.3) is 0 Å². The minimum atomic E-state index is -2.18. The van der Waals surface area contributed by atoms with Gasteiger partial charge < -0.3 is 18.9 Å². The van der Waals surface area contributed by atoms with Crippen LogP contribution in [0.3, 0.4) is 0 Å². The molecule has 5 unspecified atom stereocenters. The smallest absolute Gasteiger partial charge is 0.303 e. The molecule has 0 aromatic carbocycles. The van der Waals surface area contributed by atoms with Crippen molar-refractivity contribution in [3.8, 4) is 0 Å². The summed E-state index contributed by atoms with van der Waals surface area (Å²) in [5.74, 6) is -1.37. The third kappa shape index (κ3) is 25.7. The zero-order chi connectivity index (χ0) is 42.0. The predicted molar refractivity (Wildman–Crippen MR) is 241 cm³/mol. The van der Waals surface area contributed by atoms with Crippen molar-refractivity contribution in [2.45, 2.75) is 283 Å². The Balaban J connectivity index is 3.30. The standard InChI is InChI=1S/C49H94O7Si/c1-8-11-14-17-20-23-26-29-32-35-38-57(39-36-33-30-27-24-21-18-15-12-9-2,40-37-34-31-28-25-22-19-16-13-10-3)49-42(4)47(54-44(6)51)48(55-45(7)52)46(56-49)41-53-43(5)50/h42,46-49H,8-41H2,1-7H3. The van der Waals surface area contributed by atoms with Gasteiger partial charge in [-0.3, -0.25) is 14.4 Å². The number of hydrogen-bond donors (Lipinski definition) is 0. The fourth-order valence-electron chi connectivity index (χ4n) is 9.50. The van der Waals surface area contributed by atoms with Crippen LogP contribution < -0.4 is 0 Å². The maximum atomic E-state index is 12.7. The molecule has 336 valence electrons. The van der Waals surface area contributed by atoms with Gasteiger partial charge in [0.1, 0.15) is 18.8 Å². The van der Waals surface area contributed by atoms with E-state index in [1.807, 2.05) is 0 Å². The zero-order valence-electron chi connectivity index (χ0n) is 38.8. The second-order valence-corrected chi connectivity index (χ2v) is 22.9. The molecule has 5 atom stereocenters. The lowest BCUT2D eigenvalue weighted by Gasteiger charge is -2.51. The molecule has 0 N–H and O–H groups in total. The van der Waals surface area contributed by atoms with E-state index in [9.17, 15) is 14.4 Å². The van der Waals surface area contributed by atoms with Gasteiger partial charge in [-0.15, -0.1) is 0 Å². The van der Waals surface area contributed by atoms with E-state index in [0.717, 1.165) is 0 Å². The monoisotopic (exact) mass is 823 g/mol. The van der Waals surface area contributed by atoms with E-state index in [2.05, 4.69) is 27.7 Å². The summed E-state index contributed by atoms with van der Waals surface area (Å²) in [5, 5.41) is 0. The summed E-state index contributed by atoms with van der Waals surface area (Å²) < 4.78 is 24.7. The van der Waals surface area contributed by atoms with Crippen LogP contribution in [0.1, 0.15) is 241 Å². The van der Waals surface area contributed by atoms with Gasteiger partial charge in [0.15, 0.2) is 6.10 Å². The molecule has 0 bridgehead atoms. The molecule has 1 heterocycles. The summed E-state index contributed by atoms with van der Waals surface area (Å²) in [6.45, 7) is 13.2. The number of carbonyl (C=O) groups excluding carboxylic acids is 3. The summed E-state index contributed by atoms with van der Waals surface area (Å²) in [6, 6.07) is 3.62. The van der Waals surface area contributed by atoms with E-state index in [1.54, 1.807) is 0 Å². The largest absolute Gasteiger partial charge is 0.463 e. The van der Waals surface area contributed by atoms with Crippen LogP contribution in [0.4, 0.5) is 0 Å². The average Bonchev–Trinajstić information content (AvgIpc) is 3.17. The first kappa shape index (κ1) is 53.6. The molecule has 0 saturated carbocycles. The Morgan fingerprint density at radius 1 is 0.439 bits per heavy atom. The highest BCUT2D eigenvalue weighted by Crippen LogP contribution is 2.43. The summed E-state index contributed by atoms with van der Waals surface area (Å²) in [5.41, 5.74) is -0.0788. The Hall–Kier alpha value is -1.41. The molecule has 0 aromatic heterocycles. The first-order valence-electron chi connectivity index (χ1n) is 24.7. The molecule has 1 saturated heterocycles. The Morgan fingerprint density at radius 3 is 1.04 bits per heavy atom. The molecule has 1 rings (SSSR count). The molecule has 0 aliphatic carbocycles. The Bertz CT molecular complexity index is 929. The number of esters is 3. The van der Waals surface area contributed by atoms with Gasteiger partial charge in [-0.1, -0.05) is 238 Å². The summed E-state index contributed by atoms with van der Waals surface area (Å²) in [6.07, 6.45) is 37.3. The van der Waals surface area contributed by atoms with E-state index >= 15 is 0 Å². The van der Waals surface area contributed by atoms with Crippen LogP contribution in [0.2, 0.25) is 18.1 Å². The van der Waals surface area contributed by atoms with Crippen molar-refractivity contribution in [2.24, 2.45) is 5.92 Å². The van der Waals surface area contributed by atoms with Crippen molar-refractivity contribution in [1.82, 2.24) is 0 Å². The number of rotatable bonds is 38. The highest BCUT2D eigenvalue weighted by molar-refractivity contribution is 6.81. The molecule has 0 radical (unpaired) electrons. The second kappa shape index (κ2) is 35.4.